The smallest absolute Gasteiger partial charge is 0.269 e. The highest BCUT2D eigenvalue weighted by molar-refractivity contribution is 5.40. The van der Waals surface area contributed by atoms with Crippen molar-refractivity contribution in [2.24, 2.45) is 0 Å². The van der Waals surface area contributed by atoms with Crippen LogP contribution in [0.4, 0.5) is 11.4 Å². The van der Waals surface area contributed by atoms with Gasteiger partial charge in [-0.15, -0.1) is 0 Å². The van der Waals surface area contributed by atoms with Gasteiger partial charge in [0.15, 0.2) is 0 Å². The Balaban J connectivity index is 0.992. The number of nitro groups is 2. The van der Waals surface area contributed by atoms with E-state index in [0.717, 1.165) is 38.8 Å². The molecule has 0 atom stereocenters. The van der Waals surface area contributed by atoms with Crippen LogP contribution in [-0.2, 0) is 13.1 Å². The molecule has 2 N–H and O–H groups in total. The summed E-state index contributed by atoms with van der Waals surface area (Å²) in [7, 11) is 0. The van der Waals surface area contributed by atoms with Crippen LogP contribution in [0.5, 0.6) is 23.0 Å². The molecule has 0 aliphatic heterocycles. The summed E-state index contributed by atoms with van der Waals surface area (Å²) < 4.78 is 11.6. The van der Waals surface area contributed by atoms with Gasteiger partial charge in [0.25, 0.3) is 11.4 Å². The van der Waals surface area contributed by atoms with E-state index < -0.39 is 9.85 Å². The molecule has 0 radical (unpaired) electrons. The van der Waals surface area contributed by atoms with Crippen molar-refractivity contribution in [3.8, 4) is 23.0 Å². The highest BCUT2D eigenvalue weighted by atomic mass is 16.6. The zero-order valence-electron chi connectivity index (χ0n) is 23.0. The zero-order valence-corrected chi connectivity index (χ0v) is 23.0. The first-order valence-electron chi connectivity index (χ1n) is 13.9. The van der Waals surface area contributed by atoms with E-state index in [2.05, 4.69) is 10.6 Å². The predicted molar refractivity (Wildman–Crippen MR) is 159 cm³/mol. The molecular formula is C32H32N4O6. The maximum Gasteiger partial charge on any atom is 0.269 e. The van der Waals surface area contributed by atoms with Gasteiger partial charge in [0.2, 0.25) is 0 Å². The van der Waals surface area contributed by atoms with Crippen molar-refractivity contribution in [2.75, 3.05) is 0 Å². The lowest BCUT2D eigenvalue weighted by molar-refractivity contribution is -0.385. The molecule has 42 heavy (non-hydrogen) atoms. The van der Waals surface area contributed by atoms with Crippen molar-refractivity contribution in [1.29, 1.82) is 0 Å². The van der Waals surface area contributed by atoms with Gasteiger partial charge in [-0.25, -0.2) is 0 Å². The number of rotatable bonds is 12. The summed E-state index contributed by atoms with van der Waals surface area (Å²) in [5.74, 6) is 2.49. The second-order valence-electron chi connectivity index (χ2n) is 10.3. The van der Waals surface area contributed by atoms with Gasteiger partial charge in [-0.3, -0.25) is 20.2 Å². The average Bonchev–Trinajstić information content (AvgIpc) is 3.01. The molecule has 0 saturated heterocycles. The molecule has 0 heterocycles. The molecule has 0 spiro atoms. The molecular weight excluding hydrogens is 536 g/mol. The highest BCUT2D eigenvalue weighted by Gasteiger charge is 2.20. The number of hydrogen-bond donors (Lipinski definition) is 2. The fraction of sp³-hybridized carbons (Fsp3) is 0.250. The Kier molecular flexibility index (Phi) is 9.37. The molecule has 4 aromatic carbocycles. The molecule has 216 valence electrons. The standard InChI is InChI=1S/C32H32N4O6/c37-35(38)27-9-17-31(18-10-27)41-29-13-1-23(2-14-29)21-33-25-5-7-26(8-6-25)34-22-24-3-15-30(16-4-24)42-32-19-11-28(12-20-32)36(39)40/h1-4,9-20,25-26,33-34H,5-8,21-22H2. The number of hydrogen-bond acceptors (Lipinski definition) is 8. The molecule has 1 aliphatic carbocycles. The number of nitro benzene ring substituents is 2. The summed E-state index contributed by atoms with van der Waals surface area (Å²) in [5.41, 5.74) is 2.42. The molecule has 1 aliphatic rings. The van der Waals surface area contributed by atoms with Crippen LogP contribution in [0.2, 0.25) is 0 Å². The zero-order chi connectivity index (χ0) is 29.3. The molecule has 1 fully saturated rings. The lowest BCUT2D eigenvalue weighted by Gasteiger charge is -2.30. The summed E-state index contributed by atoms with van der Waals surface area (Å²) in [6, 6.07) is 28.8. The molecule has 4 aromatic rings. The van der Waals surface area contributed by atoms with E-state index in [0.29, 0.717) is 35.1 Å². The van der Waals surface area contributed by atoms with E-state index in [1.54, 1.807) is 24.3 Å². The second-order valence-corrected chi connectivity index (χ2v) is 10.3. The Morgan fingerprint density at radius 2 is 0.810 bits per heavy atom. The lowest BCUT2D eigenvalue weighted by atomic mass is 9.91. The number of benzene rings is 4. The van der Waals surface area contributed by atoms with Crippen LogP contribution in [0.15, 0.2) is 97.1 Å². The highest BCUT2D eigenvalue weighted by Crippen LogP contribution is 2.26. The van der Waals surface area contributed by atoms with E-state index in [1.807, 2.05) is 48.5 Å². The summed E-state index contributed by atoms with van der Waals surface area (Å²) in [6.45, 7) is 1.57. The van der Waals surface area contributed by atoms with Crippen LogP contribution >= 0.6 is 0 Å². The summed E-state index contributed by atoms with van der Waals surface area (Å²) in [6.07, 6.45) is 4.45. The first-order valence-corrected chi connectivity index (χ1v) is 13.9. The third-order valence-corrected chi connectivity index (χ3v) is 7.33. The number of ether oxygens (including phenoxy) is 2. The molecule has 5 rings (SSSR count). The van der Waals surface area contributed by atoms with Crippen LogP contribution < -0.4 is 20.1 Å². The topological polar surface area (TPSA) is 129 Å². The summed E-state index contributed by atoms with van der Waals surface area (Å²) >= 11 is 0. The maximum absolute atomic E-state index is 10.8. The average molecular weight is 569 g/mol. The summed E-state index contributed by atoms with van der Waals surface area (Å²) in [5, 5.41) is 28.9. The molecule has 1 saturated carbocycles. The van der Waals surface area contributed by atoms with E-state index >= 15 is 0 Å². The van der Waals surface area contributed by atoms with Gasteiger partial charge >= 0.3 is 0 Å². The van der Waals surface area contributed by atoms with Crippen LogP contribution in [0.3, 0.4) is 0 Å². The van der Waals surface area contributed by atoms with Gasteiger partial charge in [-0.2, -0.15) is 0 Å². The fourth-order valence-electron chi connectivity index (χ4n) is 4.92. The molecule has 0 aromatic heterocycles. The maximum atomic E-state index is 10.8. The number of nitrogens with zero attached hydrogens (tertiary/aromatic N) is 2. The van der Waals surface area contributed by atoms with Crippen molar-refractivity contribution in [3.63, 3.8) is 0 Å². The third kappa shape index (κ3) is 8.12. The minimum atomic E-state index is -0.430. The van der Waals surface area contributed by atoms with Gasteiger partial charge in [0, 0.05) is 49.4 Å². The van der Waals surface area contributed by atoms with E-state index in [9.17, 15) is 20.2 Å². The first-order chi connectivity index (χ1) is 20.4. The number of non-ortho nitro benzene ring substituents is 2. The fourth-order valence-corrected chi connectivity index (χ4v) is 4.92. The van der Waals surface area contributed by atoms with Gasteiger partial charge < -0.3 is 20.1 Å². The van der Waals surface area contributed by atoms with Crippen molar-refractivity contribution in [1.82, 2.24) is 10.6 Å². The molecule has 0 amide bonds. The Morgan fingerprint density at radius 1 is 0.524 bits per heavy atom. The van der Waals surface area contributed by atoms with Crippen LogP contribution in [-0.4, -0.2) is 21.9 Å². The van der Waals surface area contributed by atoms with Crippen LogP contribution in [0, 0.1) is 20.2 Å². The van der Waals surface area contributed by atoms with Crippen molar-refractivity contribution < 1.29 is 19.3 Å². The Bertz CT molecular complexity index is 1350. The van der Waals surface area contributed by atoms with Crippen molar-refractivity contribution in [3.05, 3.63) is 128 Å². The molecule has 10 heteroatoms. The van der Waals surface area contributed by atoms with Gasteiger partial charge in [0.1, 0.15) is 23.0 Å². The van der Waals surface area contributed by atoms with Gasteiger partial charge in [0.05, 0.1) is 9.85 Å². The third-order valence-electron chi connectivity index (χ3n) is 7.33. The van der Waals surface area contributed by atoms with E-state index in [-0.39, 0.29) is 11.4 Å². The quantitative estimate of drug-likeness (QED) is 0.135. The second kappa shape index (κ2) is 13.7. The van der Waals surface area contributed by atoms with Gasteiger partial charge in [-0.05, 0) is 85.3 Å². The molecule has 10 nitrogen and oxygen atoms in total. The van der Waals surface area contributed by atoms with Crippen LogP contribution in [0.25, 0.3) is 0 Å². The lowest BCUT2D eigenvalue weighted by Crippen LogP contribution is -2.39. The largest absolute Gasteiger partial charge is 0.457 e. The SMILES string of the molecule is O=[N+]([O-])c1ccc(Oc2ccc(CNC3CCC(NCc4ccc(Oc5ccc([N+](=O)[O-])cc5)cc4)CC3)cc2)cc1. The van der Waals surface area contributed by atoms with Gasteiger partial charge in [-0.1, -0.05) is 24.3 Å². The summed E-state index contributed by atoms with van der Waals surface area (Å²) in [4.78, 5) is 20.7. The Morgan fingerprint density at radius 3 is 1.10 bits per heavy atom. The monoisotopic (exact) mass is 568 g/mol. The molecule has 0 unspecified atom stereocenters. The van der Waals surface area contributed by atoms with Crippen LogP contribution in [0.1, 0.15) is 36.8 Å². The minimum absolute atomic E-state index is 0.0360. The van der Waals surface area contributed by atoms with E-state index in [4.69, 9.17) is 9.47 Å². The normalized spacial score (nSPS) is 16.5. The van der Waals surface area contributed by atoms with E-state index in [1.165, 1.54) is 35.4 Å². The van der Waals surface area contributed by atoms with Crippen molar-refractivity contribution in [2.45, 2.75) is 50.9 Å². The first kappa shape index (κ1) is 28.7. The number of nitrogens with one attached hydrogen (secondary N) is 2. The Hall–Kier alpha value is -4.80. The molecule has 0 bridgehead atoms. The van der Waals surface area contributed by atoms with Crippen molar-refractivity contribution >= 4 is 11.4 Å². The predicted octanol–water partition coefficient (Wildman–Crippen LogP) is 7.28. The Labute approximate surface area is 243 Å². The minimum Gasteiger partial charge on any atom is -0.457 e.